The molecule has 7 heteroatoms. The maximum absolute atomic E-state index is 12.8. The molecule has 1 amide bonds. The van der Waals surface area contributed by atoms with Gasteiger partial charge in [-0.3, -0.25) is 9.78 Å². The van der Waals surface area contributed by atoms with Gasteiger partial charge in [0.05, 0.1) is 30.6 Å². The third kappa shape index (κ3) is 2.50. The van der Waals surface area contributed by atoms with E-state index in [1.165, 1.54) is 0 Å². The van der Waals surface area contributed by atoms with Gasteiger partial charge in [0.15, 0.2) is 0 Å². The molecular weight excluding hydrogens is 294 g/mol. The Morgan fingerprint density at radius 2 is 2.09 bits per heavy atom. The number of ether oxygens (including phenoxy) is 1. The number of hydrogen-bond acceptors (Lipinski definition) is 5. The Hall–Kier alpha value is -2.28. The molecule has 0 spiro atoms. The first-order chi connectivity index (χ1) is 11.1. The molecule has 0 aromatic carbocycles. The van der Waals surface area contributed by atoms with E-state index in [2.05, 4.69) is 15.3 Å². The Morgan fingerprint density at radius 3 is 2.87 bits per heavy atom. The van der Waals surface area contributed by atoms with Gasteiger partial charge in [0.25, 0.3) is 5.91 Å². The number of carbonyl (C=O) groups is 1. The number of hydrogen-bond donors (Lipinski definition) is 0. The molecule has 7 nitrogen and oxygen atoms in total. The first kappa shape index (κ1) is 14.3. The fourth-order valence-corrected chi connectivity index (χ4v) is 3.50. The van der Waals surface area contributed by atoms with Gasteiger partial charge in [-0.1, -0.05) is 5.21 Å². The van der Waals surface area contributed by atoms with Gasteiger partial charge in [-0.05, 0) is 32.4 Å². The highest BCUT2D eigenvalue weighted by Crippen LogP contribution is 2.30. The van der Waals surface area contributed by atoms with Crippen molar-refractivity contribution in [3.8, 4) is 0 Å². The highest BCUT2D eigenvalue weighted by molar-refractivity contribution is 5.94. The van der Waals surface area contributed by atoms with Crippen molar-refractivity contribution in [3.05, 3.63) is 41.0 Å². The molecule has 23 heavy (non-hydrogen) atoms. The minimum Gasteiger partial charge on any atom is -0.370 e. The normalized spacial score (nSPS) is 23.3. The van der Waals surface area contributed by atoms with Crippen LogP contribution in [0.15, 0.2) is 18.3 Å². The second kappa shape index (κ2) is 5.42. The average molecular weight is 313 g/mol. The van der Waals surface area contributed by atoms with Crippen LogP contribution in [0.4, 0.5) is 0 Å². The van der Waals surface area contributed by atoms with E-state index in [9.17, 15) is 4.79 Å². The summed E-state index contributed by atoms with van der Waals surface area (Å²) in [4.78, 5) is 19.1. The fraction of sp³-hybridized carbons (Fsp3) is 0.500. The molecule has 0 saturated carbocycles. The smallest absolute Gasteiger partial charge is 0.254 e. The van der Waals surface area contributed by atoms with Gasteiger partial charge in [0.1, 0.15) is 0 Å². The molecule has 2 aromatic rings. The number of likely N-dealkylation sites (tertiary alicyclic amines) is 1. The molecule has 1 saturated heterocycles. The Morgan fingerprint density at radius 1 is 1.30 bits per heavy atom. The molecular formula is C16H19N5O2. The number of fused-ring (bicyclic) bond motifs is 3. The van der Waals surface area contributed by atoms with Crippen molar-refractivity contribution in [2.24, 2.45) is 0 Å². The minimum atomic E-state index is 0.0444. The van der Waals surface area contributed by atoms with Crippen molar-refractivity contribution in [2.45, 2.75) is 39.0 Å². The van der Waals surface area contributed by atoms with E-state index in [-0.39, 0.29) is 18.1 Å². The predicted octanol–water partition coefficient (Wildman–Crippen LogP) is 1.28. The van der Waals surface area contributed by atoms with Crippen molar-refractivity contribution < 1.29 is 9.53 Å². The van der Waals surface area contributed by atoms with Crippen LogP contribution < -0.4 is 0 Å². The first-order valence-corrected chi connectivity index (χ1v) is 7.87. The van der Waals surface area contributed by atoms with Crippen molar-refractivity contribution in [1.29, 1.82) is 0 Å². The van der Waals surface area contributed by atoms with Crippen LogP contribution in [0.5, 0.6) is 0 Å². The second-order valence-corrected chi connectivity index (χ2v) is 6.27. The summed E-state index contributed by atoms with van der Waals surface area (Å²) < 4.78 is 7.80. The van der Waals surface area contributed by atoms with Crippen LogP contribution in [0, 0.1) is 13.8 Å². The summed E-state index contributed by atoms with van der Waals surface area (Å²) in [5.74, 6) is 0.0456. The summed E-state index contributed by atoms with van der Waals surface area (Å²) >= 11 is 0. The summed E-state index contributed by atoms with van der Waals surface area (Å²) in [6, 6.07) is 3.74. The molecule has 2 aliphatic rings. The SMILES string of the molecule is Cc1cc(C(=O)N2CCC3OCc4cnnn4C3C2)cc(C)n1. The molecule has 2 unspecified atom stereocenters. The summed E-state index contributed by atoms with van der Waals surface area (Å²) in [6.45, 7) is 5.66. The highest BCUT2D eigenvalue weighted by atomic mass is 16.5. The van der Waals surface area contributed by atoms with E-state index in [1.54, 1.807) is 6.20 Å². The van der Waals surface area contributed by atoms with E-state index in [1.807, 2.05) is 35.6 Å². The Kier molecular flexibility index (Phi) is 3.37. The lowest BCUT2D eigenvalue weighted by molar-refractivity contribution is -0.0605. The van der Waals surface area contributed by atoms with E-state index in [0.717, 1.165) is 23.5 Å². The second-order valence-electron chi connectivity index (χ2n) is 6.27. The van der Waals surface area contributed by atoms with Crippen LogP contribution in [0.1, 0.15) is 39.9 Å². The first-order valence-electron chi connectivity index (χ1n) is 7.87. The standard InChI is InChI=1S/C16H19N5O2/c1-10-5-12(6-11(2)18-10)16(22)20-4-3-15-14(8-20)21-13(9-23-15)7-17-19-21/h5-7,14-15H,3-4,8-9H2,1-2H3. The maximum atomic E-state index is 12.8. The largest absolute Gasteiger partial charge is 0.370 e. The van der Waals surface area contributed by atoms with Gasteiger partial charge >= 0.3 is 0 Å². The fourth-order valence-electron chi connectivity index (χ4n) is 3.50. The molecule has 4 rings (SSSR count). The Bertz CT molecular complexity index is 736. The molecule has 0 aliphatic carbocycles. The zero-order valence-corrected chi connectivity index (χ0v) is 13.3. The molecule has 0 N–H and O–H groups in total. The van der Waals surface area contributed by atoms with Gasteiger partial charge < -0.3 is 9.64 Å². The van der Waals surface area contributed by atoms with E-state index < -0.39 is 0 Å². The van der Waals surface area contributed by atoms with Crippen molar-refractivity contribution in [1.82, 2.24) is 24.9 Å². The summed E-state index contributed by atoms with van der Waals surface area (Å²) in [7, 11) is 0. The molecule has 2 atom stereocenters. The van der Waals surface area contributed by atoms with Crippen LogP contribution in [0.3, 0.4) is 0 Å². The number of rotatable bonds is 1. The van der Waals surface area contributed by atoms with Crippen LogP contribution in [0.2, 0.25) is 0 Å². The lowest BCUT2D eigenvalue weighted by Crippen LogP contribution is -2.49. The molecule has 120 valence electrons. The van der Waals surface area contributed by atoms with Crippen molar-refractivity contribution in [3.63, 3.8) is 0 Å². The van der Waals surface area contributed by atoms with E-state index in [4.69, 9.17) is 4.74 Å². The topological polar surface area (TPSA) is 73.1 Å². The maximum Gasteiger partial charge on any atom is 0.254 e. The molecule has 2 aromatic heterocycles. The van der Waals surface area contributed by atoms with E-state index in [0.29, 0.717) is 25.3 Å². The van der Waals surface area contributed by atoms with Gasteiger partial charge in [-0.15, -0.1) is 5.10 Å². The third-order valence-corrected chi connectivity index (χ3v) is 4.54. The van der Waals surface area contributed by atoms with Gasteiger partial charge in [0.2, 0.25) is 0 Å². The molecule has 4 heterocycles. The zero-order chi connectivity index (χ0) is 16.0. The van der Waals surface area contributed by atoms with Crippen molar-refractivity contribution in [2.75, 3.05) is 13.1 Å². The van der Waals surface area contributed by atoms with Gasteiger partial charge in [-0.25, -0.2) is 4.68 Å². The Labute approximate surface area is 134 Å². The molecule has 2 aliphatic heterocycles. The highest BCUT2D eigenvalue weighted by Gasteiger charge is 2.38. The van der Waals surface area contributed by atoms with Gasteiger partial charge in [0, 0.05) is 30.0 Å². The monoisotopic (exact) mass is 313 g/mol. The number of aromatic nitrogens is 4. The predicted molar refractivity (Wildman–Crippen MR) is 81.9 cm³/mol. The number of carbonyl (C=O) groups excluding carboxylic acids is 1. The third-order valence-electron chi connectivity index (χ3n) is 4.54. The van der Waals surface area contributed by atoms with Crippen LogP contribution in [-0.4, -0.2) is 50.0 Å². The van der Waals surface area contributed by atoms with Crippen LogP contribution in [0.25, 0.3) is 0 Å². The zero-order valence-electron chi connectivity index (χ0n) is 13.3. The van der Waals surface area contributed by atoms with Crippen LogP contribution >= 0.6 is 0 Å². The number of amides is 1. The average Bonchev–Trinajstić information content (AvgIpc) is 3.01. The number of piperidine rings is 1. The number of nitrogens with zero attached hydrogens (tertiary/aromatic N) is 5. The molecule has 1 fully saturated rings. The Balaban J connectivity index is 1.59. The van der Waals surface area contributed by atoms with E-state index >= 15 is 0 Å². The molecule has 0 bridgehead atoms. The summed E-state index contributed by atoms with van der Waals surface area (Å²) in [5, 5.41) is 8.14. The summed E-state index contributed by atoms with van der Waals surface area (Å²) in [6.07, 6.45) is 2.65. The molecule has 0 radical (unpaired) electrons. The number of pyridine rings is 1. The quantitative estimate of drug-likeness (QED) is 0.793. The van der Waals surface area contributed by atoms with Crippen LogP contribution in [-0.2, 0) is 11.3 Å². The summed E-state index contributed by atoms with van der Waals surface area (Å²) in [5.41, 5.74) is 3.39. The lowest BCUT2D eigenvalue weighted by atomic mass is 9.99. The van der Waals surface area contributed by atoms with Gasteiger partial charge in [-0.2, -0.15) is 0 Å². The van der Waals surface area contributed by atoms with Crippen molar-refractivity contribution >= 4 is 5.91 Å². The minimum absolute atomic E-state index is 0.0444. The lowest BCUT2D eigenvalue weighted by Gasteiger charge is -2.41. The number of aryl methyl sites for hydroxylation is 2.